The molecule has 1 aromatic rings. The lowest BCUT2D eigenvalue weighted by molar-refractivity contribution is -0.143. The smallest absolute Gasteiger partial charge is 0.328 e. The van der Waals surface area contributed by atoms with E-state index < -0.39 is 17.7 Å². The van der Waals surface area contributed by atoms with E-state index in [1.807, 2.05) is 31.1 Å². The number of carboxylic acid groups (broad SMARTS) is 1. The predicted molar refractivity (Wildman–Crippen MR) is 90.1 cm³/mol. The molecule has 1 heterocycles. The Morgan fingerprint density at radius 1 is 1.17 bits per heavy atom. The molecule has 2 aliphatic rings. The van der Waals surface area contributed by atoms with E-state index in [9.17, 15) is 14.7 Å². The Labute approximate surface area is 142 Å². The van der Waals surface area contributed by atoms with Crippen molar-refractivity contribution in [2.75, 3.05) is 25.6 Å². The molecule has 1 aliphatic carbocycles. The molecule has 3 rings (SSSR count). The molecule has 130 valence electrons. The van der Waals surface area contributed by atoms with Crippen LogP contribution in [0.15, 0.2) is 24.3 Å². The van der Waals surface area contributed by atoms with Crippen LogP contribution in [0.3, 0.4) is 0 Å². The molecule has 6 nitrogen and oxygen atoms in total. The Morgan fingerprint density at radius 3 is 2.33 bits per heavy atom. The van der Waals surface area contributed by atoms with Crippen LogP contribution in [-0.2, 0) is 9.53 Å². The molecule has 1 unspecified atom stereocenters. The van der Waals surface area contributed by atoms with Crippen molar-refractivity contribution in [3.63, 3.8) is 0 Å². The molecule has 1 atom stereocenters. The number of hydrogen-bond donors (Lipinski definition) is 1. The summed E-state index contributed by atoms with van der Waals surface area (Å²) in [5.74, 6) is -1.26. The number of nitrogens with zero attached hydrogens (tertiary/aromatic N) is 2. The van der Waals surface area contributed by atoms with Gasteiger partial charge in [-0.3, -0.25) is 9.69 Å². The molecule has 0 bridgehead atoms. The van der Waals surface area contributed by atoms with Gasteiger partial charge >= 0.3 is 5.97 Å². The number of rotatable bonds is 3. The number of carboxylic acids is 1. The maximum absolute atomic E-state index is 13.1. The van der Waals surface area contributed by atoms with Crippen LogP contribution in [0.5, 0.6) is 0 Å². The SMILES string of the molecule is CN(C)c1ccc(C(=O)N2C(C(=O)O)COC23CCCCC3)cc1. The number of carbonyl (C=O) groups excluding carboxylic acids is 1. The van der Waals surface area contributed by atoms with Crippen molar-refractivity contribution in [1.29, 1.82) is 0 Å². The van der Waals surface area contributed by atoms with Gasteiger partial charge in [0.25, 0.3) is 5.91 Å². The highest BCUT2D eigenvalue weighted by Gasteiger charge is 2.53. The van der Waals surface area contributed by atoms with Gasteiger partial charge in [-0.1, -0.05) is 6.42 Å². The largest absolute Gasteiger partial charge is 0.480 e. The highest BCUT2D eigenvalue weighted by Crippen LogP contribution is 2.41. The van der Waals surface area contributed by atoms with E-state index in [-0.39, 0.29) is 12.5 Å². The van der Waals surface area contributed by atoms with Crippen LogP contribution in [-0.4, -0.2) is 54.4 Å². The van der Waals surface area contributed by atoms with Gasteiger partial charge in [-0.05, 0) is 49.9 Å². The minimum absolute atomic E-state index is 0.0663. The molecule has 0 aromatic heterocycles. The third-order valence-corrected chi connectivity index (χ3v) is 5.03. The maximum Gasteiger partial charge on any atom is 0.328 e. The number of amides is 1. The number of anilines is 1. The Kier molecular flexibility index (Phi) is 4.49. The van der Waals surface area contributed by atoms with Crippen LogP contribution in [0.1, 0.15) is 42.5 Å². The molecule has 1 N–H and O–H groups in total. The van der Waals surface area contributed by atoms with Crippen molar-refractivity contribution in [2.24, 2.45) is 0 Å². The Bertz CT molecular complexity index is 620. The van der Waals surface area contributed by atoms with Gasteiger partial charge in [0.2, 0.25) is 0 Å². The fraction of sp³-hybridized carbons (Fsp3) is 0.556. The van der Waals surface area contributed by atoms with Crippen LogP contribution >= 0.6 is 0 Å². The minimum Gasteiger partial charge on any atom is -0.480 e. The van der Waals surface area contributed by atoms with E-state index >= 15 is 0 Å². The first-order valence-corrected chi connectivity index (χ1v) is 8.42. The molecule has 2 fully saturated rings. The fourth-order valence-corrected chi connectivity index (χ4v) is 3.70. The lowest BCUT2D eigenvalue weighted by Gasteiger charge is -2.41. The average molecular weight is 332 g/mol. The second-order valence-corrected chi connectivity index (χ2v) is 6.79. The maximum atomic E-state index is 13.1. The van der Waals surface area contributed by atoms with E-state index in [2.05, 4.69) is 0 Å². The lowest BCUT2D eigenvalue weighted by Crippen LogP contribution is -2.54. The summed E-state index contributed by atoms with van der Waals surface area (Å²) in [6.07, 6.45) is 4.42. The third kappa shape index (κ3) is 2.86. The number of aliphatic carboxylic acids is 1. The van der Waals surface area contributed by atoms with Gasteiger partial charge in [0.15, 0.2) is 6.04 Å². The summed E-state index contributed by atoms with van der Waals surface area (Å²) in [5.41, 5.74) is 0.743. The number of carbonyl (C=O) groups is 2. The lowest BCUT2D eigenvalue weighted by atomic mass is 9.89. The van der Waals surface area contributed by atoms with Crippen LogP contribution in [0.25, 0.3) is 0 Å². The van der Waals surface area contributed by atoms with E-state index in [1.54, 1.807) is 12.1 Å². The van der Waals surface area contributed by atoms with E-state index in [4.69, 9.17) is 4.74 Å². The molecule has 24 heavy (non-hydrogen) atoms. The van der Waals surface area contributed by atoms with Crippen molar-refractivity contribution >= 4 is 17.6 Å². The summed E-state index contributed by atoms with van der Waals surface area (Å²) in [6, 6.07) is 6.33. The third-order valence-electron chi connectivity index (χ3n) is 5.03. The second-order valence-electron chi connectivity index (χ2n) is 6.79. The minimum atomic E-state index is -1.00. The van der Waals surface area contributed by atoms with Crippen LogP contribution in [0.4, 0.5) is 5.69 Å². The van der Waals surface area contributed by atoms with Gasteiger partial charge in [0.05, 0.1) is 6.61 Å². The summed E-state index contributed by atoms with van der Waals surface area (Å²) < 4.78 is 5.89. The van der Waals surface area contributed by atoms with Crippen LogP contribution < -0.4 is 4.90 Å². The standard InChI is InChI=1S/C18H24N2O4/c1-19(2)14-8-6-13(7-9-14)16(21)20-15(17(22)23)12-24-18(20)10-4-3-5-11-18/h6-9,15H,3-5,10-12H2,1-2H3,(H,22,23). The molecule has 6 heteroatoms. The first kappa shape index (κ1) is 16.8. The Hall–Kier alpha value is -2.08. The number of benzene rings is 1. The summed E-state index contributed by atoms with van der Waals surface area (Å²) in [4.78, 5) is 28.2. The van der Waals surface area contributed by atoms with Gasteiger partial charge in [-0.15, -0.1) is 0 Å². The Balaban J connectivity index is 1.92. The van der Waals surface area contributed by atoms with Gasteiger partial charge in [0, 0.05) is 25.3 Å². The zero-order valence-electron chi connectivity index (χ0n) is 14.2. The van der Waals surface area contributed by atoms with Gasteiger partial charge in [-0.25, -0.2) is 4.79 Å². The summed E-state index contributed by atoms with van der Waals surface area (Å²) in [5, 5.41) is 9.53. The molecule has 1 saturated carbocycles. The van der Waals surface area contributed by atoms with E-state index in [0.717, 1.165) is 24.9 Å². The molecule has 0 radical (unpaired) electrons. The van der Waals surface area contributed by atoms with Gasteiger partial charge in [-0.2, -0.15) is 0 Å². The fourth-order valence-electron chi connectivity index (χ4n) is 3.70. The quantitative estimate of drug-likeness (QED) is 0.920. The first-order valence-electron chi connectivity index (χ1n) is 8.42. The van der Waals surface area contributed by atoms with Crippen molar-refractivity contribution in [3.8, 4) is 0 Å². The van der Waals surface area contributed by atoms with Crippen LogP contribution in [0, 0.1) is 0 Å². The second kappa shape index (κ2) is 6.43. The predicted octanol–water partition coefficient (Wildman–Crippen LogP) is 2.34. The molecular weight excluding hydrogens is 308 g/mol. The van der Waals surface area contributed by atoms with E-state index in [1.165, 1.54) is 4.90 Å². The number of ether oxygens (including phenoxy) is 1. The monoisotopic (exact) mass is 332 g/mol. The zero-order chi connectivity index (χ0) is 17.3. The first-order chi connectivity index (χ1) is 11.4. The highest BCUT2D eigenvalue weighted by atomic mass is 16.5. The average Bonchev–Trinajstić information content (AvgIpc) is 2.93. The summed E-state index contributed by atoms with van der Waals surface area (Å²) >= 11 is 0. The summed E-state index contributed by atoms with van der Waals surface area (Å²) in [6.45, 7) is 0.0663. The molecule has 1 saturated heterocycles. The normalized spacial score (nSPS) is 22.6. The van der Waals surface area contributed by atoms with Gasteiger partial charge < -0.3 is 14.7 Å². The molecular formula is C18H24N2O4. The zero-order valence-corrected chi connectivity index (χ0v) is 14.2. The van der Waals surface area contributed by atoms with Crippen LogP contribution in [0.2, 0.25) is 0 Å². The molecule has 1 amide bonds. The van der Waals surface area contributed by atoms with Crippen molar-refractivity contribution < 1.29 is 19.4 Å². The number of hydrogen-bond acceptors (Lipinski definition) is 4. The molecule has 1 aromatic carbocycles. The molecule has 1 spiro atoms. The highest BCUT2D eigenvalue weighted by molar-refractivity contribution is 5.97. The van der Waals surface area contributed by atoms with Crippen molar-refractivity contribution in [1.82, 2.24) is 4.90 Å². The topological polar surface area (TPSA) is 70.1 Å². The Morgan fingerprint density at radius 2 is 1.79 bits per heavy atom. The van der Waals surface area contributed by atoms with Crippen molar-refractivity contribution in [2.45, 2.75) is 43.9 Å². The van der Waals surface area contributed by atoms with Crippen molar-refractivity contribution in [3.05, 3.63) is 29.8 Å². The van der Waals surface area contributed by atoms with E-state index in [0.29, 0.717) is 18.4 Å². The van der Waals surface area contributed by atoms with Gasteiger partial charge in [0.1, 0.15) is 5.72 Å². The molecule has 1 aliphatic heterocycles. The summed E-state index contributed by atoms with van der Waals surface area (Å²) in [7, 11) is 3.87.